The molecule has 0 saturated heterocycles. The summed E-state index contributed by atoms with van der Waals surface area (Å²) in [7, 11) is 0. The van der Waals surface area contributed by atoms with Crippen LogP contribution in [0.1, 0.15) is 18.5 Å². The van der Waals surface area contributed by atoms with Crippen molar-refractivity contribution in [3.8, 4) is 0 Å². The topological polar surface area (TPSA) is 41.8 Å². The third-order valence-electron chi connectivity index (χ3n) is 3.59. The molecule has 0 saturated carbocycles. The highest BCUT2D eigenvalue weighted by Gasteiger charge is 2.38. The number of nitrogens with one attached hydrogen (secondary N) is 1. The Morgan fingerprint density at radius 1 is 1.37 bits per heavy atom. The third kappa shape index (κ3) is 2.11. The summed E-state index contributed by atoms with van der Waals surface area (Å²) in [6.07, 6.45) is 3.87. The number of aromatic nitrogens is 1. The van der Waals surface area contributed by atoms with Crippen molar-refractivity contribution < 1.29 is 0 Å². The van der Waals surface area contributed by atoms with Crippen molar-refractivity contribution in [2.75, 3.05) is 0 Å². The Labute approximate surface area is 125 Å². The van der Waals surface area contributed by atoms with E-state index < -0.39 is 4.87 Å². The van der Waals surface area contributed by atoms with E-state index in [0.29, 0.717) is 0 Å². The van der Waals surface area contributed by atoms with Crippen molar-refractivity contribution in [2.45, 2.75) is 17.7 Å². The van der Waals surface area contributed by atoms with Crippen LogP contribution in [0.25, 0.3) is 10.9 Å². The number of H-pyrrole nitrogens is 1. The van der Waals surface area contributed by atoms with Crippen LogP contribution < -0.4 is 5.73 Å². The number of fused-ring (bicyclic) bond motifs is 1. The Balaban J connectivity index is 2.12. The fraction of sp³-hybridized carbons (Fsp3) is 0.200. The standard InChI is InChI=1S/C15H14BrClN2/c1-15(17)11(7-10(18)8-14(15)16)13-6-9-4-2-3-5-12(9)19-13/h2-8,11,19H,18H2,1H3. The molecule has 0 aliphatic heterocycles. The van der Waals surface area contributed by atoms with E-state index in [0.717, 1.165) is 21.4 Å². The van der Waals surface area contributed by atoms with Gasteiger partial charge in [-0.25, -0.2) is 0 Å². The summed E-state index contributed by atoms with van der Waals surface area (Å²) in [5.41, 5.74) is 8.87. The number of hydrogen-bond acceptors (Lipinski definition) is 1. The summed E-state index contributed by atoms with van der Waals surface area (Å²) in [5, 5.41) is 1.18. The van der Waals surface area contributed by atoms with Gasteiger partial charge in [-0.15, -0.1) is 11.6 Å². The molecule has 1 aromatic heterocycles. The highest BCUT2D eigenvalue weighted by Crippen LogP contribution is 2.46. The van der Waals surface area contributed by atoms with Gasteiger partial charge in [-0.05, 0) is 30.5 Å². The quantitative estimate of drug-likeness (QED) is 0.745. The van der Waals surface area contributed by atoms with E-state index in [4.69, 9.17) is 17.3 Å². The second-order valence-corrected chi connectivity index (χ2v) is 6.66. The van der Waals surface area contributed by atoms with Crippen molar-refractivity contribution in [3.05, 3.63) is 58.4 Å². The minimum absolute atomic E-state index is 0.0148. The Kier molecular flexibility index (Phi) is 2.99. The first-order valence-electron chi connectivity index (χ1n) is 6.10. The Bertz CT molecular complexity index is 664. The van der Waals surface area contributed by atoms with Crippen LogP contribution in [-0.4, -0.2) is 9.86 Å². The molecule has 1 aliphatic carbocycles. The van der Waals surface area contributed by atoms with Gasteiger partial charge < -0.3 is 10.7 Å². The van der Waals surface area contributed by atoms with Crippen LogP contribution in [0.3, 0.4) is 0 Å². The molecule has 0 fully saturated rings. The predicted octanol–water partition coefficient (Wildman–Crippen LogP) is 4.38. The highest BCUT2D eigenvalue weighted by molar-refractivity contribution is 9.11. The molecule has 3 rings (SSSR count). The SMILES string of the molecule is CC1(Cl)C(Br)=CC(N)=CC1c1cc2ccccc2[nH]1. The largest absolute Gasteiger partial charge is 0.399 e. The highest BCUT2D eigenvalue weighted by atomic mass is 79.9. The van der Waals surface area contributed by atoms with Crippen molar-refractivity contribution in [2.24, 2.45) is 5.73 Å². The van der Waals surface area contributed by atoms with Gasteiger partial charge in [0, 0.05) is 27.3 Å². The number of alkyl halides is 1. The summed E-state index contributed by atoms with van der Waals surface area (Å²) < 4.78 is 0.908. The molecule has 0 amide bonds. The molecule has 0 bridgehead atoms. The fourth-order valence-electron chi connectivity index (χ4n) is 2.48. The van der Waals surface area contributed by atoms with Gasteiger partial charge in [0.15, 0.2) is 0 Å². The molecule has 98 valence electrons. The maximum atomic E-state index is 6.68. The lowest BCUT2D eigenvalue weighted by Gasteiger charge is -2.32. The van der Waals surface area contributed by atoms with Crippen LogP contribution in [0.4, 0.5) is 0 Å². The second kappa shape index (κ2) is 4.43. The van der Waals surface area contributed by atoms with Crippen LogP contribution in [0.2, 0.25) is 0 Å². The smallest absolute Gasteiger partial charge is 0.0850 e. The van der Waals surface area contributed by atoms with E-state index >= 15 is 0 Å². The maximum absolute atomic E-state index is 6.68. The number of hydrogen-bond donors (Lipinski definition) is 2. The molecule has 2 atom stereocenters. The maximum Gasteiger partial charge on any atom is 0.0850 e. The second-order valence-electron chi connectivity index (χ2n) is 5.02. The van der Waals surface area contributed by atoms with Crippen molar-refractivity contribution in [3.63, 3.8) is 0 Å². The normalized spacial score (nSPS) is 27.2. The predicted molar refractivity (Wildman–Crippen MR) is 84.6 cm³/mol. The zero-order valence-corrected chi connectivity index (χ0v) is 12.8. The Morgan fingerprint density at radius 2 is 2.11 bits per heavy atom. The molecule has 1 aromatic carbocycles. The molecule has 2 nitrogen and oxygen atoms in total. The first-order chi connectivity index (χ1) is 8.98. The van der Waals surface area contributed by atoms with Crippen molar-refractivity contribution >= 4 is 38.4 Å². The van der Waals surface area contributed by atoms with Crippen LogP contribution in [0.5, 0.6) is 0 Å². The lowest BCUT2D eigenvalue weighted by molar-refractivity contribution is 0.650. The molecule has 3 N–H and O–H groups in total. The minimum atomic E-state index is -0.524. The van der Waals surface area contributed by atoms with E-state index in [9.17, 15) is 0 Å². The van der Waals surface area contributed by atoms with E-state index in [1.807, 2.05) is 31.2 Å². The van der Waals surface area contributed by atoms with Gasteiger partial charge in [-0.3, -0.25) is 0 Å². The van der Waals surface area contributed by atoms with E-state index in [1.54, 1.807) is 0 Å². The van der Waals surface area contributed by atoms with E-state index in [1.165, 1.54) is 5.39 Å². The molecule has 4 heteroatoms. The van der Waals surface area contributed by atoms with Gasteiger partial charge in [-0.2, -0.15) is 0 Å². The van der Waals surface area contributed by atoms with Crippen molar-refractivity contribution in [1.29, 1.82) is 0 Å². The van der Waals surface area contributed by atoms with Crippen LogP contribution >= 0.6 is 27.5 Å². The van der Waals surface area contributed by atoms with E-state index in [-0.39, 0.29) is 5.92 Å². The van der Waals surface area contributed by atoms with Gasteiger partial charge in [0.1, 0.15) is 0 Å². The molecule has 19 heavy (non-hydrogen) atoms. The number of halogens is 2. The lowest BCUT2D eigenvalue weighted by atomic mass is 9.85. The fourth-order valence-corrected chi connectivity index (χ4v) is 3.22. The zero-order valence-electron chi connectivity index (χ0n) is 10.5. The van der Waals surface area contributed by atoms with Gasteiger partial charge in [0.05, 0.1) is 4.87 Å². The Hall–Kier alpha value is -1.19. The monoisotopic (exact) mass is 336 g/mol. The van der Waals surface area contributed by atoms with Crippen LogP contribution in [0, 0.1) is 0 Å². The molecule has 2 unspecified atom stereocenters. The summed E-state index contributed by atoms with van der Waals surface area (Å²) in [6, 6.07) is 10.3. The molecule has 1 heterocycles. The molecule has 2 aromatic rings. The number of nitrogens with two attached hydrogens (primary N) is 1. The summed E-state index contributed by atoms with van der Waals surface area (Å²) in [5.74, 6) is 0.0148. The van der Waals surface area contributed by atoms with Gasteiger partial charge in [0.2, 0.25) is 0 Å². The number of para-hydroxylation sites is 1. The first-order valence-corrected chi connectivity index (χ1v) is 7.27. The average molecular weight is 338 g/mol. The van der Waals surface area contributed by atoms with Crippen LogP contribution in [-0.2, 0) is 0 Å². The zero-order chi connectivity index (χ0) is 13.6. The van der Waals surface area contributed by atoms with Crippen molar-refractivity contribution in [1.82, 2.24) is 4.98 Å². The van der Waals surface area contributed by atoms with Gasteiger partial charge in [0.25, 0.3) is 0 Å². The number of allylic oxidation sites excluding steroid dienone is 3. The number of aromatic amines is 1. The minimum Gasteiger partial charge on any atom is -0.399 e. The average Bonchev–Trinajstić information content (AvgIpc) is 2.77. The molecule has 0 spiro atoms. The van der Waals surface area contributed by atoms with Gasteiger partial charge >= 0.3 is 0 Å². The number of rotatable bonds is 1. The first kappa shape index (κ1) is 12.8. The molecule has 0 radical (unpaired) electrons. The molecular formula is C15H14BrClN2. The number of benzene rings is 1. The third-order valence-corrected chi connectivity index (χ3v) is 5.31. The van der Waals surface area contributed by atoms with Crippen LogP contribution in [0.15, 0.2) is 52.7 Å². The van der Waals surface area contributed by atoms with Gasteiger partial charge in [-0.1, -0.05) is 40.2 Å². The summed E-state index contributed by atoms with van der Waals surface area (Å²) >= 11 is 10.2. The summed E-state index contributed by atoms with van der Waals surface area (Å²) in [4.78, 5) is 2.91. The molecular weight excluding hydrogens is 324 g/mol. The lowest BCUT2D eigenvalue weighted by Crippen LogP contribution is -2.29. The summed E-state index contributed by atoms with van der Waals surface area (Å²) in [6.45, 7) is 1.99. The molecule has 1 aliphatic rings. The Morgan fingerprint density at radius 3 is 2.84 bits per heavy atom. The van der Waals surface area contributed by atoms with E-state index in [2.05, 4.69) is 39.1 Å².